The molecule has 412 valence electrons. The van der Waals surface area contributed by atoms with Gasteiger partial charge in [0.05, 0.1) is 0 Å². The number of carbonyl (C=O) groups excluding carboxylic acids is 3. The van der Waals surface area contributed by atoms with Gasteiger partial charge in [-0.25, -0.2) is 0 Å². The SMILES string of the molecule is CC/C=C\C/C=C\C/C=C\C/C=C\C/C=C\CCCCCC(=O)OC[C@H](COC(=O)CCCCCCCCCCC/C=C\CCCCCCCC)OC(=O)CCC/C=C\C/C=C\C/C=C\C/C=C\C/C=C\CC. The van der Waals surface area contributed by atoms with Crippen LogP contribution in [0.5, 0.6) is 0 Å². The van der Waals surface area contributed by atoms with Gasteiger partial charge in [-0.05, 0) is 128 Å². The van der Waals surface area contributed by atoms with Crippen molar-refractivity contribution in [3.8, 4) is 0 Å². The third-order valence-electron chi connectivity index (χ3n) is 12.1. The Hall–Kier alpha value is -4.45. The van der Waals surface area contributed by atoms with E-state index in [1.807, 2.05) is 0 Å². The van der Waals surface area contributed by atoms with Crippen LogP contribution in [-0.4, -0.2) is 37.2 Å². The van der Waals surface area contributed by atoms with Gasteiger partial charge in [-0.2, -0.15) is 0 Å². The first-order chi connectivity index (χ1) is 36.0. The van der Waals surface area contributed by atoms with Crippen molar-refractivity contribution in [3.63, 3.8) is 0 Å². The summed E-state index contributed by atoms with van der Waals surface area (Å²) in [6.45, 7) is 6.33. The van der Waals surface area contributed by atoms with Crippen LogP contribution in [0.15, 0.2) is 134 Å². The zero-order valence-corrected chi connectivity index (χ0v) is 47.1. The van der Waals surface area contributed by atoms with Gasteiger partial charge in [0.2, 0.25) is 0 Å². The average molecular weight is 1010 g/mol. The van der Waals surface area contributed by atoms with Crippen LogP contribution in [0, 0.1) is 0 Å². The summed E-state index contributed by atoms with van der Waals surface area (Å²) in [7, 11) is 0. The van der Waals surface area contributed by atoms with Crippen molar-refractivity contribution in [3.05, 3.63) is 134 Å². The number of hydrogen-bond donors (Lipinski definition) is 0. The summed E-state index contributed by atoms with van der Waals surface area (Å²) >= 11 is 0. The van der Waals surface area contributed by atoms with Crippen molar-refractivity contribution in [2.24, 2.45) is 0 Å². The van der Waals surface area contributed by atoms with E-state index < -0.39 is 6.10 Å². The topological polar surface area (TPSA) is 78.9 Å². The van der Waals surface area contributed by atoms with E-state index >= 15 is 0 Å². The van der Waals surface area contributed by atoms with Gasteiger partial charge < -0.3 is 14.2 Å². The molecule has 0 aromatic carbocycles. The molecule has 73 heavy (non-hydrogen) atoms. The van der Waals surface area contributed by atoms with Gasteiger partial charge in [-0.3, -0.25) is 14.4 Å². The molecule has 0 bridgehead atoms. The van der Waals surface area contributed by atoms with Crippen LogP contribution in [0.3, 0.4) is 0 Å². The lowest BCUT2D eigenvalue weighted by molar-refractivity contribution is -0.167. The minimum Gasteiger partial charge on any atom is -0.462 e. The molecule has 0 rings (SSSR count). The van der Waals surface area contributed by atoms with Crippen LogP contribution in [0.2, 0.25) is 0 Å². The molecule has 6 heteroatoms. The van der Waals surface area contributed by atoms with Gasteiger partial charge in [-0.1, -0.05) is 238 Å². The van der Waals surface area contributed by atoms with E-state index in [0.29, 0.717) is 19.3 Å². The van der Waals surface area contributed by atoms with Crippen molar-refractivity contribution in [1.82, 2.24) is 0 Å². The molecule has 0 aromatic rings. The van der Waals surface area contributed by atoms with E-state index in [-0.39, 0.29) is 37.5 Å². The van der Waals surface area contributed by atoms with Gasteiger partial charge in [-0.15, -0.1) is 0 Å². The summed E-state index contributed by atoms with van der Waals surface area (Å²) in [5, 5.41) is 0. The third-order valence-corrected chi connectivity index (χ3v) is 12.1. The number of ether oxygens (including phenoxy) is 3. The van der Waals surface area contributed by atoms with Gasteiger partial charge in [0, 0.05) is 19.3 Å². The fourth-order valence-electron chi connectivity index (χ4n) is 7.73. The molecule has 0 amide bonds. The highest BCUT2D eigenvalue weighted by Crippen LogP contribution is 2.14. The van der Waals surface area contributed by atoms with Crippen LogP contribution in [0.25, 0.3) is 0 Å². The normalized spacial score (nSPS) is 13.1. The molecule has 1 atom stereocenters. The Balaban J connectivity index is 4.54. The lowest BCUT2D eigenvalue weighted by Gasteiger charge is -2.18. The van der Waals surface area contributed by atoms with Crippen molar-refractivity contribution in [2.75, 3.05) is 13.2 Å². The molecular formula is C67H108O6. The van der Waals surface area contributed by atoms with E-state index in [1.54, 1.807) is 0 Å². The van der Waals surface area contributed by atoms with Crippen molar-refractivity contribution in [1.29, 1.82) is 0 Å². The Kier molecular flexibility index (Phi) is 56.4. The maximum absolute atomic E-state index is 12.9. The highest BCUT2D eigenvalue weighted by Gasteiger charge is 2.19. The number of unbranched alkanes of at least 4 members (excludes halogenated alkanes) is 19. The van der Waals surface area contributed by atoms with Crippen LogP contribution >= 0.6 is 0 Å². The molecule has 0 aliphatic carbocycles. The predicted octanol–water partition coefficient (Wildman–Crippen LogP) is 20.2. The fraction of sp³-hybridized carbons (Fsp3) is 0.627. The Morgan fingerprint density at radius 2 is 0.548 bits per heavy atom. The molecule has 0 saturated carbocycles. The molecule has 0 aromatic heterocycles. The summed E-state index contributed by atoms with van der Waals surface area (Å²) in [6.07, 6.45) is 84.5. The van der Waals surface area contributed by atoms with E-state index in [9.17, 15) is 14.4 Å². The first-order valence-corrected chi connectivity index (χ1v) is 29.7. The van der Waals surface area contributed by atoms with Gasteiger partial charge in [0.15, 0.2) is 6.10 Å². The van der Waals surface area contributed by atoms with Crippen molar-refractivity contribution >= 4 is 17.9 Å². The first-order valence-electron chi connectivity index (χ1n) is 29.7. The zero-order chi connectivity index (χ0) is 52.9. The molecule has 0 spiro atoms. The molecule has 0 unspecified atom stereocenters. The molecule has 0 fully saturated rings. The van der Waals surface area contributed by atoms with Crippen molar-refractivity contribution < 1.29 is 28.6 Å². The quantitative estimate of drug-likeness (QED) is 0.0261. The van der Waals surface area contributed by atoms with Gasteiger partial charge in [0.1, 0.15) is 13.2 Å². The zero-order valence-electron chi connectivity index (χ0n) is 47.1. The maximum Gasteiger partial charge on any atom is 0.306 e. The second kappa shape index (κ2) is 60.1. The Labute approximate surface area is 449 Å². The molecule has 6 nitrogen and oxygen atoms in total. The predicted molar refractivity (Wildman–Crippen MR) is 316 cm³/mol. The van der Waals surface area contributed by atoms with E-state index in [4.69, 9.17) is 14.2 Å². The largest absolute Gasteiger partial charge is 0.462 e. The first kappa shape index (κ1) is 68.6. The smallest absolute Gasteiger partial charge is 0.306 e. The van der Waals surface area contributed by atoms with E-state index in [1.165, 1.54) is 89.9 Å². The molecular weight excluding hydrogens is 901 g/mol. The number of allylic oxidation sites excluding steroid dienone is 22. The van der Waals surface area contributed by atoms with Gasteiger partial charge >= 0.3 is 17.9 Å². The highest BCUT2D eigenvalue weighted by atomic mass is 16.6. The number of rotatable bonds is 52. The summed E-state index contributed by atoms with van der Waals surface area (Å²) in [6, 6.07) is 0. The van der Waals surface area contributed by atoms with Crippen LogP contribution in [0.4, 0.5) is 0 Å². The fourth-order valence-corrected chi connectivity index (χ4v) is 7.73. The summed E-state index contributed by atoms with van der Waals surface area (Å²) < 4.78 is 16.8. The standard InChI is InChI=1S/C67H108O6/c1-4-7-10-13-16-19-22-25-28-31-33-36-38-41-44-47-50-53-56-59-65(68)71-62-64(73-67(70)61-58-55-52-49-46-43-40-35-30-27-24-21-18-15-12-9-6-3)63-72-66(69)60-57-54-51-48-45-42-39-37-34-32-29-26-23-20-17-14-11-8-5-2/h7,9-10,12,16,18-19,21,25-30,33,36,40-41,43-44,49,52,64H,4-6,8,11,13-15,17,20,22-24,31-32,34-35,37-39,42,45-48,50-51,53-63H2,1-3H3/b10-7-,12-9-,19-16-,21-18-,28-25-,29-26-,30-27-,36-33-,43-40-,44-41-,52-49-/t64-/m1/s1. The monoisotopic (exact) mass is 1010 g/mol. The third kappa shape index (κ3) is 58.3. The molecule has 0 N–H and O–H groups in total. The van der Waals surface area contributed by atoms with Crippen molar-refractivity contribution in [2.45, 2.75) is 258 Å². The number of hydrogen-bond acceptors (Lipinski definition) is 6. The molecule has 0 radical (unpaired) electrons. The molecule has 0 heterocycles. The Bertz CT molecular complexity index is 1580. The highest BCUT2D eigenvalue weighted by molar-refractivity contribution is 5.71. The van der Waals surface area contributed by atoms with Crippen LogP contribution in [0.1, 0.15) is 252 Å². The Morgan fingerprint density at radius 1 is 0.288 bits per heavy atom. The van der Waals surface area contributed by atoms with Crippen LogP contribution < -0.4 is 0 Å². The summed E-state index contributed by atoms with van der Waals surface area (Å²) in [4.78, 5) is 38.2. The van der Waals surface area contributed by atoms with Gasteiger partial charge in [0.25, 0.3) is 0 Å². The second-order valence-electron chi connectivity index (χ2n) is 19.1. The van der Waals surface area contributed by atoms with E-state index in [2.05, 4.69) is 154 Å². The second-order valence-corrected chi connectivity index (χ2v) is 19.1. The van der Waals surface area contributed by atoms with E-state index in [0.717, 1.165) is 116 Å². The lowest BCUT2D eigenvalue weighted by Crippen LogP contribution is -2.30. The minimum absolute atomic E-state index is 0.116. The molecule has 0 saturated heterocycles. The van der Waals surface area contributed by atoms with Crippen LogP contribution in [-0.2, 0) is 28.6 Å². The summed E-state index contributed by atoms with van der Waals surface area (Å²) in [5.74, 6) is -1.01. The average Bonchev–Trinajstić information content (AvgIpc) is 3.39. The number of carbonyl (C=O) groups is 3. The Morgan fingerprint density at radius 3 is 0.904 bits per heavy atom. The maximum atomic E-state index is 12.9. The summed E-state index contributed by atoms with van der Waals surface area (Å²) in [5.41, 5.74) is 0. The molecule has 0 aliphatic heterocycles. The lowest BCUT2D eigenvalue weighted by atomic mass is 10.1. The minimum atomic E-state index is -0.828. The number of esters is 3. The molecule has 0 aliphatic rings.